The monoisotopic (exact) mass is 283 g/mol. The van der Waals surface area contributed by atoms with Crippen molar-refractivity contribution >= 4 is 20.9 Å². The molecule has 7 heteroatoms. The Kier molecular flexibility index (Phi) is 3.88. The number of sulfone groups is 1. The van der Waals surface area contributed by atoms with Gasteiger partial charge in [-0.15, -0.1) is 0 Å². The van der Waals surface area contributed by atoms with Gasteiger partial charge in [-0.3, -0.25) is 0 Å². The third-order valence-electron chi connectivity index (χ3n) is 2.95. The summed E-state index contributed by atoms with van der Waals surface area (Å²) in [5.74, 6) is 0.734. The highest BCUT2D eigenvalue weighted by molar-refractivity contribution is 7.90. The molecule has 0 aliphatic carbocycles. The van der Waals surface area contributed by atoms with Gasteiger partial charge in [0.1, 0.15) is 5.82 Å². The van der Waals surface area contributed by atoms with E-state index in [9.17, 15) is 8.42 Å². The van der Waals surface area contributed by atoms with Gasteiger partial charge in [-0.05, 0) is 18.2 Å². The molecule has 0 amide bonds. The zero-order chi connectivity index (χ0) is 14.0. The van der Waals surface area contributed by atoms with Gasteiger partial charge in [0.2, 0.25) is 0 Å². The average molecular weight is 283 g/mol. The molecule has 1 heterocycles. The van der Waals surface area contributed by atoms with Crippen LogP contribution in [-0.4, -0.2) is 44.4 Å². The predicted octanol–water partition coefficient (Wildman–Crippen LogP) is 0.483. The average Bonchev–Trinajstić information content (AvgIpc) is 2.76. The maximum absolute atomic E-state index is 11.5. The first-order valence-electron chi connectivity index (χ1n) is 5.85. The first kappa shape index (κ1) is 14.0. The molecule has 2 rings (SSSR count). The molecular formula is C12H17N3O3S. The number of nitrogens with one attached hydrogen (secondary N) is 1. The molecule has 0 aliphatic heterocycles. The quantitative estimate of drug-likeness (QED) is 0.832. The van der Waals surface area contributed by atoms with Crippen LogP contribution in [0.25, 0.3) is 11.0 Å². The summed E-state index contributed by atoms with van der Waals surface area (Å²) in [7, 11) is -1.61. The van der Waals surface area contributed by atoms with E-state index in [1.807, 2.05) is 0 Å². The molecule has 0 fully saturated rings. The number of hydrogen-bond donors (Lipinski definition) is 2. The molecule has 0 saturated carbocycles. The van der Waals surface area contributed by atoms with Crippen molar-refractivity contribution in [1.82, 2.24) is 9.97 Å². The number of fused-ring (bicyclic) bond motifs is 1. The summed E-state index contributed by atoms with van der Waals surface area (Å²) in [6, 6.07) is 4.83. The summed E-state index contributed by atoms with van der Waals surface area (Å²) in [6.07, 6.45) is 1.64. The lowest BCUT2D eigenvalue weighted by atomic mass is 10.2. The Morgan fingerprint density at radius 3 is 2.79 bits per heavy atom. The summed E-state index contributed by atoms with van der Waals surface area (Å²) in [6.45, 7) is 0.405. The van der Waals surface area contributed by atoms with Crippen LogP contribution >= 0.6 is 0 Å². The number of aromatic amines is 1. The molecule has 3 N–H and O–H groups in total. The largest absolute Gasteiger partial charge is 0.380 e. The van der Waals surface area contributed by atoms with E-state index in [1.165, 1.54) is 6.26 Å². The van der Waals surface area contributed by atoms with E-state index in [0.717, 1.165) is 11.3 Å². The number of aromatic nitrogens is 2. The molecule has 1 aromatic carbocycles. The lowest BCUT2D eigenvalue weighted by molar-refractivity contribution is 0.108. The van der Waals surface area contributed by atoms with Gasteiger partial charge in [-0.25, -0.2) is 13.4 Å². The molecule has 0 aliphatic rings. The van der Waals surface area contributed by atoms with Gasteiger partial charge in [0, 0.05) is 26.3 Å². The number of rotatable bonds is 5. The number of methoxy groups -OCH3 is 1. The molecule has 6 nitrogen and oxygen atoms in total. The second-order valence-corrected chi connectivity index (χ2v) is 6.45. The van der Waals surface area contributed by atoms with Crippen molar-refractivity contribution in [1.29, 1.82) is 0 Å². The molecule has 0 radical (unpaired) electrons. The van der Waals surface area contributed by atoms with Crippen LogP contribution in [0.4, 0.5) is 0 Å². The van der Waals surface area contributed by atoms with Crippen molar-refractivity contribution in [2.75, 3.05) is 19.9 Å². The number of nitrogens with two attached hydrogens (primary N) is 1. The van der Waals surface area contributed by atoms with Crippen LogP contribution in [0, 0.1) is 0 Å². The van der Waals surface area contributed by atoms with Crippen molar-refractivity contribution < 1.29 is 13.2 Å². The van der Waals surface area contributed by atoms with Crippen molar-refractivity contribution in [2.45, 2.75) is 17.4 Å². The fourth-order valence-corrected chi connectivity index (χ4v) is 2.49. The van der Waals surface area contributed by atoms with E-state index in [2.05, 4.69) is 9.97 Å². The lowest BCUT2D eigenvalue weighted by Crippen LogP contribution is -2.25. The molecule has 1 aromatic heterocycles. The standard InChI is InChI=1S/C12H17N3O3S/c1-18-8(7-13)5-12-14-10-4-3-9(19(2,16)17)6-11(10)15-12/h3-4,6,8H,5,7,13H2,1-2H3,(H,14,15). The maximum Gasteiger partial charge on any atom is 0.175 e. The van der Waals surface area contributed by atoms with E-state index >= 15 is 0 Å². The van der Waals surface area contributed by atoms with Crippen molar-refractivity contribution in [2.24, 2.45) is 5.73 Å². The summed E-state index contributed by atoms with van der Waals surface area (Å²) in [5, 5.41) is 0. The van der Waals surface area contributed by atoms with Gasteiger partial charge in [0.05, 0.1) is 22.0 Å². The van der Waals surface area contributed by atoms with E-state index in [0.29, 0.717) is 18.5 Å². The summed E-state index contributed by atoms with van der Waals surface area (Å²) < 4.78 is 28.2. The first-order chi connectivity index (χ1) is 8.94. The van der Waals surface area contributed by atoms with E-state index in [4.69, 9.17) is 10.5 Å². The van der Waals surface area contributed by atoms with Crippen molar-refractivity contribution in [3.05, 3.63) is 24.0 Å². The van der Waals surface area contributed by atoms with Crippen molar-refractivity contribution in [3.8, 4) is 0 Å². The molecule has 1 unspecified atom stereocenters. The fraction of sp³-hybridized carbons (Fsp3) is 0.417. The van der Waals surface area contributed by atoms with Gasteiger partial charge in [0.15, 0.2) is 9.84 Å². The molecule has 19 heavy (non-hydrogen) atoms. The van der Waals surface area contributed by atoms with Gasteiger partial charge in [-0.1, -0.05) is 0 Å². The minimum absolute atomic E-state index is 0.102. The topological polar surface area (TPSA) is 98.1 Å². The number of ether oxygens (including phenoxy) is 1. The zero-order valence-electron chi connectivity index (χ0n) is 10.9. The first-order valence-corrected chi connectivity index (χ1v) is 7.74. The molecule has 104 valence electrons. The van der Waals surface area contributed by atoms with E-state index in [-0.39, 0.29) is 11.0 Å². The second-order valence-electron chi connectivity index (χ2n) is 4.43. The number of benzene rings is 1. The Hall–Kier alpha value is -1.44. The molecule has 1 atom stereocenters. The Bertz CT molecular complexity index is 675. The summed E-state index contributed by atoms with van der Waals surface area (Å²) in [5.41, 5.74) is 6.99. The van der Waals surface area contributed by atoms with Crippen LogP contribution in [-0.2, 0) is 21.0 Å². The molecular weight excluding hydrogens is 266 g/mol. The Labute approximate surface area is 111 Å². The van der Waals surface area contributed by atoms with Crippen LogP contribution in [0.1, 0.15) is 5.82 Å². The van der Waals surface area contributed by atoms with Gasteiger partial charge < -0.3 is 15.5 Å². The molecule has 2 aromatic rings. The van der Waals surface area contributed by atoms with Crippen LogP contribution in [0.5, 0.6) is 0 Å². The fourth-order valence-electron chi connectivity index (χ4n) is 1.85. The Morgan fingerprint density at radius 1 is 1.47 bits per heavy atom. The van der Waals surface area contributed by atoms with Gasteiger partial charge >= 0.3 is 0 Å². The summed E-state index contributed by atoms with van der Waals surface area (Å²) in [4.78, 5) is 7.76. The number of hydrogen-bond acceptors (Lipinski definition) is 5. The normalized spacial score (nSPS) is 13.8. The van der Waals surface area contributed by atoms with Crippen LogP contribution in [0.2, 0.25) is 0 Å². The number of imidazole rings is 1. The third-order valence-corrected chi connectivity index (χ3v) is 4.06. The predicted molar refractivity (Wildman–Crippen MR) is 72.8 cm³/mol. The maximum atomic E-state index is 11.5. The van der Waals surface area contributed by atoms with E-state index < -0.39 is 9.84 Å². The molecule has 0 spiro atoms. The Morgan fingerprint density at radius 2 is 2.21 bits per heavy atom. The number of H-pyrrole nitrogens is 1. The highest BCUT2D eigenvalue weighted by atomic mass is 32.2. The minimum atomic E-state index is -3.21. The zero-order valence-corrected chi connectivity index (χ0v) is 11.7. The smallest absolute Gasteiger partial charge is 0.175 e. The van der Waals surface area contributed by atoms with Crippen molar-refractivity contribution in [3.63, 3.8) is 0 Å². The van der Waals surface area contributed by atoms with Crippen LogP contribution < -0.4 is 5.73 Å². The third kappa shape index (κ3) is 3.12. The van der Waals surface area contributed by atoms with Gasteiger partial charge in [-0.2, -0.15) is 0 Å². The number of nitrogens with zero attached hydrogens (tertiary/aromatic N) is 1. The second kappa shape index (κ2) is 5.28. The molecule has 0 saturated heterocycles. The SMILES string of the molecule is COC(CN)Cc1nc2ccc(S(C)(=O)=O)cc2[nH]1. The Balaban J connectivity index is 2.36. The molecule has 0 bridgehead atoms. The van der Waals surface area contributed by atoms with Crippen LogP contribution in [0.15, 0.2) is 23.1 Å². The van der Waals surface area contributed by atoms with E-state index in [1.54, 1.807) is 25.3 Å². The minimum Gasteiger partial charge on any atom is -0.380 e. The lowest BCUT2D eigenvalue weighted by Gasteiger charge is -2.09. The highest BCUT2D eigenvalue weighted by Crippen LogP contribution is 2.18. The van der Waals surface area contributed by atoms with Crippen LogP contribution in [0.3, 0.4) is 0 Å². The highest BCUT2D eigenvalue weighted by Gasteiger charge is 2.12. The summed E-state index contributed by atoms with van der Waals surface area (Å²) >= 11 is 0. The van der Waals surface area contributed by atoms with Gasteiger partial charge in [0.25, 0.3) is 0 Å².